The van der Waals surface area contributed by atoms with E-state index in [9.17, 15) is 4.79 Å². The van der Waals surface area contributed by atoms with Crippen LogP contribution in [0.15, 0.2) is 12.4 Å². The lowest BCUT2D eigenvalue weighted by Crippen LogP contribution is -2.49. The average molecular weight is 249 g/mol. The van der Waals surface area contributed by atoms with Crippen molar-refractivity contribution in [2.45, 2.75) is 13.1 Å². The molecule has 98 valence electrons. The first-order chi connectivity index (χ1) is 8.83. The van der Waals surface area contributed by atoms with Crippen molar-refractivity contribution < 1.29 is 4.79 Å². The maximum Gasteiger partial charge on any atom is 0.237 e. The van der Waals surface area contributed by atoms with Crippen molar-refractivity contribution in [3.63, 3.8) is 0 Å². The van der Waals surface area contributed by atoms with Crippen molar-refractivity contribution in [3.8, 4) is 0 Å². The second kappa shape index (κ2) is 5.07. The Bertz CT molecular complexity index is 424. The summed E-state index contributed by atoms with van der Waals surface area (Å²) in [7, 11) is 0. The Labute approximate surface area is 107 Å². The van der Waals surface area contributed by atoms with E-state index in [-0.39, 0.29) is 5.91 Å². The van der Waals surface area contributed by atoms with Crippen LogP contribution < -0.4 is 5.32 Å². The van der Waals surface area contributed by atoms with Gasteiger partial charge in [-0.2, -0.15) is 0 Å². The molecule has 0 atom stereocenters. The molecule has 6 nitrogen and oxygen atoms in total. The summed E-state index contributed by atoms with van der Waals surface area (Å²) in [6, 6.07) is 0. The van der Waals surface area contributed by atoms with E-state index in [1.165, 1.54) is 0 Å². The van der Waals surface area contributed by atoms with Gasteiger partial charge in [-0.25, -0.2) is 4.98 Å². The average Bonchev–Trinajstić information content (AvgIpc) is 2.87. The molecule has 0 aromatic carbocycles. The predicted octanol–water partition coefficient (Wildman–Crippen LogP) is -0.869. The van der Waals surface area contributed by atoms with E-state index in [1.807, 2.05) is 11.1 Å². The number of carbonyl (C=O) groups excluding carboxylic acids is 1. The van der Waals surface area contributed by atoms with Crippen LogP contribution >= 0.6 is 0 Å². The van der Waals surface area contributed by atoms with Gasteiger partial charge in [-0.1, -0.05) is 0 Å². The molecule has 2 aliphatic heterocycles. The van der Waals surface area contributed by atoms with E-state index in [0.717, 1.165) is 45.1 Å². The van der Waals surface area contributed by atoms with Gasteiger partial charge in [-0.3, -0.25) is 9.69 Å². The molecule has 18 heavy (non-hydrogen) atoms. The number of carbonyl (C=O) groups is 1. The first-order valence-electron chi connectivity index (χ1n) is 6.54. The number of nitrogens with one attached hydrogen (secondary N) is 1. The van der Waals surface area contributed by atoms with Gasteiger partial charge in [0, 0.05) is 51.7 Å². The summed E-state index contributed by atoms with van der Waals surface area (Å²) in [6.45, 7) is 6.76. The molecule has 0 bridgehead atoms. The van der Waals surface area contributed by atoms with Crippen molar-refractivity contribution in [2.75, 3.05) is 39.3 Å². The van der Waals surface area contributed by atoms with E-state index >= 15 is 0 Å². The van der Waals surface area contributed by atoms with Crippen LogP contribution in [0.25, 0.3) is 0 Å². The maximum atomic E-state index is 12.2. The number of nitrogens with zero attached hydrogens (tertiary/aromatic N) is 4. The zero-order valence-corrected chi connectivity index (χ0v) is 10.5. The third kappa shape index (κ3) is 2.39. The summed E-state index contributed by atoms with van der Waals surface area (Å²) < 4.78 is 2.12. The molecule has 3 heterocycles. The lowest BCUT2D eigenvalue weighted by Gasteiger charge is -2.32. The Morgan fingerprint density at radius 2 is 2.11 bits per heavy atom. The van der Waals surface area contributed by atoms with Crippen LogP contribution in [0.5, 0.6) is 0 Å². The van der Waals surface area contributed by atoms with Crippen molar-refractivity contribution >= 4 is 5.91 Å². The summed E-state index contributed by atoms with van der Waals surface area (Å²) in [5.74, 6) is 1.22. The van der Waals surface area contributed by atoms with Gasteiger partial charge in [0.2, 0.25) is 5.91 Å². The molecule has 3 rings (SSSR count). The molecule has 0 saturated carbocycles. The highest BCUT2D eigenvalue weighted by atomic mass is 16.2. The van der Waals surface area contributed by atoms with Gasteiger partial charge in [0.25, 0.3) is 0 Å². The standard InChI is InChI=1S/C12H19N5O/c18-12(10-15-4-1-13-2-5-15)17-8-7-16-6-3-14-11(16)9-17/h3,6,13H,1-2,4-5,7-10H2. The van der Waals surface area contributed by atoms with E-state index in [4.69, 9.17) is 0 Å². The molecule has 6 heteroatoms. The zero-order valence-electron chi connectivity index (χ0n) is 10.5. The lowest BCUT2D eigenvalue weighted by molar-refractivity contribution is -0.134. The molecular weight excluding hydrogens is 230 g/mol. The third-order valence-corrected chi connectivity index (χ3v) is 3.67. The minimum absolute atomic E-state index is 0.228. The van der Waals surface area contributed by atoms with E-state index in [0.29, 0.717) is 13.1 Å². The molecule has 1 fully saturated rings. The normalized spacial score (nSPS) is 20.8. The Hall–Kier alpha value is -1.40. The van der Waals surface area contributed by atoms with E-state index < -0.39 is 0 Å². The van der Waals surface area contributed by atoms with Gasteiger partial charge in [-0.15, -0.1) is 0 Å². The smallest absolute Gasteiger partial charge is 0.237 e. The number of imidazole rings is 1. The van der Waals surface area contributed by atoms with Crippen LogP contribution in [-0.4, -0.2) is 64.5 Å². The number of aromatic nitrogens is 2. The van der Waals surface area contributed by atoms with Crippen LogP contribution in [-0.2, 0) is 17.9 Å². The molecule has 1 amide bonds. The minimum Gasteiger partial charge on any atom is -0.332 e. The van der Waals surface area contributed by atoms with Crippen molar-refractivity contribution in [1.82, 2.24) is 24.7 Å². The molecule has 0 aliphatic carbocycles. The van der Waals surface area contributed by atoms with Crippen molar-refractivity contribution in [3.05, 3.63) is 18.2 Å². The summed E-state index contributed by atoms with van der Waals surface area (Å²) in [4.78, 5) is 20.6. The fourth-order valence-corrected chi connectivity index (χ4v) is 2.55. The minimum atomic E-state index is 0.228. The Morgan fingerprint density at radius 1 is 1.28 bits per heavy atom. The highest BCUT2D eigenvalue weighted by Crippen LogP contribution is 2.10. The van der Waals surface area contributed by atoms with Gasteiger partial charge in [0.15, 0.2) is 0 Å². The second-order valence-corrected chi connectivity index (χ2v) is 4.88. The number of fused-ring (bicyclic) bond motifs is 1. The Kier molecular flexibility index (Phi) is 3.29. The first kappa shape index (κ1) is 11.7. The maximum absolute atomic E-state index is 12.2. The lowest BCUT2D eigenvalue weighted by atomic mass is 10.3. The number of hydrogen-bond donors (Lipinski definition) is 1. The van der Waals surface area contributed by atoms with Crippen LogP contribution in [0.4, 0.5) is 0 Å². The first-order valence-corrected chi connectivity index (χ1v) is 6.54. The SMILES string of the molecule is O=C(CN1CCNCC1)N1CCn2ccnc2C1. The number of hydrogen-bond acceptors (Lipinski definition) is 4. The van der Waals surface area contributed by atoms with Gasteiger partial charge in [0.1, 0.15) is 5.82 Å². The fraction of sp³-hybridized carbons (Fsp3) is 0.667. The fourth-order valence-electron chi connectivity index (χ4n) is 2.55. The van der Waals surface area contributed by atoms with Gasteiger partial charge in [0.05, 0.1) is 13.1 Å². The van der Waals surface area contributed by atoms with Crippen LogP contribution in [0.1, 0.15) is 5.82 Å². The Morgan fingerprint density at radius 3 is 2.94 bits per heavy atom. The Balaban J connectivity index is 1.57. The zero-order chi connectivity index (χ0) is 12.4. The molecule has 1 aromatic rings. The number of piperazine rings is 1. The molecular formula is C12H19N5O. The largest absolute Gasteiger partial charge is 0.332 e. The summed E-state index contributed by atoms with van der Waals surface area (Å²) in [6.07, 6.45) is 3.78. The highest BCUT2D eigenvalue weighted by molar-refractivity contribution is 5.78. The number of amides is 1. The van der Waals surface area contributed by atoms with Crippen LogP contribution in [0.2, 0.25) is 0 Å². The second-order valence-electron chi connectivity index (χ2n) is 4.88. The van der Waals surface area contributed by atoms with Gasteiger partial charge < -0.3 is 14.8 Å². The third-order valence-electron chi connectivity index (χ3n) is 3.67. The van der Waals surface area contributed by atoms with E-state index in [2.05, 4.69) is 19.8 Å². The summed E-state index contributed by atoms with van der Waals surface area (Å²) >= 11 is 0. The topological polar surface area (TPSA) is 53.4 Å². The molecule has 1 saturated heterocycles. The van der Waals surface area contributed by atoms with Gasteiger partial charge >= 0.3 is 0 Å². The van der Waals surface area contributed by atoms with Crippen LogP contribution in [0, 0.1) is 0 Å². The summed E-state index contributed by atoms with van der Waals surface area (Å²) in [5.41, 5.74) is 0. The molecule has 0 radical (unpaired) electrons. The van der Waals surface area contributed by atoms with Crippen molar-refractivity contribution in [2.24, 2.45) is 0 Å². The molecule has 0 spiro atoms. The number of rotatable bonds is 2. The van der Waals surface area contributed by atoms with Crippen LogP contribution in [0.3, 0.4) is 0 Å². The summed E-state index contributed by atoms with van der Waals surface area (Å²) in [5, 5.41) is 3.30. The molecule has 1 aromatic heterocycles. The molecule has 1 N–H and O–H groups in total. The highest BCUT2D eigenvalue weighted by Gasteiger charge is 2.23. The predicted molar refractivity (Wildman–Crippen MR) is 67.0 cm³/mol. The van der Waals surface area contributed by atoms with E-state index in [1.54, 1.807) is 6.20 Å². The molecule has 2 aliphatic rings. The quantitative estimate of drug-likeness (QED) is 0.740. The monoisotopic (exact) mass is 249 g/mol. The molecule has 0 unspecified atom stereocenters. The van der Waals surface area contributed by atoms with Gasteiger partial charge in [-0.05, 0) is 0 Å². The van der Waals surface area contributed by atoms with Crippen molar-refractivity contribution in [1.29, 1.82) is 0 Å².